The number of ether oxygens (including phenoxy) is 1. The average Bonchev–Trinajstić information content (AvgIpc) is 1.87. The van der Waals surface area contributed by atoms with E-state index in [0.29, 0.717) is 6.54 Å². The van der Waals surface area contributed by atoms with E-state index < -0.39 is 16.9 Å². The molecule has 0 aliphatic carbocycles. The minimum Gasteiger partial charge on any atom is -0.374 e. The SMILES string of the molecule is CCNC(=O)OC(=O)C(Cl)Cl. The smallest absolute Gasteiger partial charge is 0.374 e. The van der Waals surface area contributed by atoms with Crippen molar-refractivity contribution < 1.29 is 14.3 Å². The normalized spacial score (nSPS) is 9.45. The number of carbonyl (C=O) groups is 2. The van der Waals surface area contributed by atoms with Crippen molar-refractivity contribution in [3.05, 3.63) is 0 Å². The maximum atomic E-state index is 10.5. The van der Waals surface area contributed by atoms with Crippen LogP contribution in [0.4, 0.5) is 4.79 Å². The monoisotopic (exact) mass is 199 g/mol. The van der Waals surface area contributed by atoms with E-state index >= 15 is 0 Å². The Hall–Kier alpha value is -0.480. The van der Waals surface area contributed by atoms with Gasteiger partial charge in [-0.25, -0.2) is 9.59 Å². The first-order valence-corrected chi connectivity index (χ1v) is 3.73. The largest absolute Gasteiger partial charge is 0.414 e. The van der Waals surface area contributed by atoms with Gasteiger partial charge in [0, 0.05) is 6.54 Å². The van der Waals surface area contributed by atoms with Crippen LogP contribution in [0.5, 0.6) is 0 Å². The van der Waals surface area contributed by atoms with E-state index in [0.717, 1.165) is 0 Å². The molecule has 0 aliphatic rings. The van der Waals surface area contributed by atoms with Crippen LogP contribution in [0.2, 0.25) is 0 Å². The lowest BCUT2D eigenvalue weighted by Gasteiger charge is -2.02. The Morgan fingerprint density at radius 3 is 2.45 bits per heavy atom. The molecule has 6 heteroatoms. The fourth-order valence-corrected chi connectivity index (χ4v) is 0.405. The van der Waals surface area contributed by atoms with Crippen molar-refractivity contribution in [1.82, 2.24) is 5.32 Å². The zero-order valence-corrected chi connectivity index (χ0v) is 7.28. The lowest BCUT2D eigenvalue weighted by molar-refractivity contribution is -0.135. The Bertz CT molecular complexity index is 160. The summed E-state index contributed by atoms with van der Waals surface area (Å²) in [5.41, 5.74) is 0. The van der Waals surface area contributed by atoms with E-state index in [4.69, 9.17) is 23.2 Å². The number of hydrogen-bond donors (Lipinski definition) is 1. The van der Waals surface area contributed by atoms with E-state index in [1.54, 1.807) is 6.92 Å². The van der Waals surface area contributed by atoms with Crippen molar-refractivity contribution in [2.24, 2.45) is 0 Å². The molecule has 0 rings (SSSR count). The number of nitrogens with one attached hydrogen (secondary N) is 1. The zero-order valence-electron chi connectivity index (χ0n) is 5.77. The summed E-state index contributed by atoms with van der Waals surface area (Å²) < 4.78 is 4.10. The number of rotatable bonds is 2. The second-order valence-corrected chi connectivity index (χ2v) is 2.64. The summed E-state index contributed by atoms with van der Waals surface area (Å²) in [4.78, 5) is 19.6. The van der Waals surface area contributed by atoms with Gasteiger partial charge in [-0.05, 0) is 6.92 Å². The van der Waals surface area contributed by atoms with Crippen LogP contribution >= 0.6 is 23.2 Å². The molecule has 0 aromatic carbocycles. The van der Waals surface area contributed by atoms with Crippen LogP contribution in [0.1, 0.15) is 6.92 Å². The molecule has 0 spiro atoms. The van der Waals surface area contributed by atoms with Crippen LogP contribution in [0.25, 0.3) is 0 Å². The summed E-state index contributed by atoms with van der Waals surface area (Å²) in [5, 5.41) is 2.23. The maximum absolute atomic E-state index is 10.5. The molecule has 0 bridgehead atoms. The third-order valence-electron chi connectivity index (χ3n) is 0.693. The van der Waals surface area contributed by atoms with Gasteiger partial charge in [-0.1, -0.05) is 23.2 Å². The first kappa shape index (κ1) is 10.5. The van der Waals surface area contributed by atoms with Crippen molar-refractivity contribution in [3.63, 3.8) is 0 Å². The van der Waals surface area contributed by atoms with E-state index in [9.17, 15) is 9.59 Å². The molecule has 64 valence electrons. The highest BCUT2D eigenvalue weighted by Crippen LogP contribution is 2.03. The summed E-state index contributed by atoms with van der Waals surface area (Å²) >= 11 is 10.2. The number of alkyl carbamates (subject to hydrolysis) is 1. The summed E-state index contributed by atoms with van der Waals surface area (Å²) in [5.74, 6) is -0.973. The van der Waals surface area contributed by atoms with Gasteiger partial charge in [0.25, 0.3) is 0 Å². The van der Waals surface area contributed by atoms with Gasteiger partial charge in [-0.3, -0.25) is 0 Å². The first-order valence-electron chi connectivity index (χ1n) is 2.85. The quantitative estimate of drug-likeness (QED) is 0.412. The number of alkyl halides is 2. The molecule has 0 saturated heterocycles. The highest BCUT2D eigenvalue weighted by atomic mass is 35.5. The summed E-state index contributed by atoms with van der Waals surface area (Å²) in [6.45, 7) is 2.06. The minimum atomic E-state index is -1.32. The predicted octanol–water partition coefficient (Wildman–Crippen LogP) is 1.06. The molecule has 0 aliphatic heterocycles. The molecule has 4 nitrogen and oxygen atoms in total. The summed E-state index contributed by atoms with van der Waals surface area (Å²) in [7, 11) is 0. The van der Waals surface area contributed by atoms with Crippen molar-refractivity contribution >= 4 is 35.3 Å². The van der Waals surface area contributed by atoms with Crippen molar-refractivity contribution in [3.8, 4) is 0 Å². The molecule has 0 unspecified atom stereocenters. The Balaban J connectivity index is 3.67. The van der Waals surface area contributed by atoms with E-state index in [1.807, 2.05) is 0 Å². The zero-order chi connectivity index (χ0) is 8.85. The second kappa shape index (κ2) is 5.21. The van der Waals surface area contributed by atoms with Gasteiger partial charge >= 0.3 is 12.1 Å². The molecule has 0 aromatic rings. The van der Waals surface area contributed by atoms with Crippen LogP contribution in [-0.4, -0.2) is 23.4 Å². The molecule has 0 fully saturated rings. The highest BCUT2D eigenvalue weighted by Gasteiger charge is 2.16. The number of carbonyl (C=O) groups excluding carboxylic acids is 2. The van der Waals surface area contributed by atoms with Crippen LogP contribution in [0.15, 0.2) is 0 Å². The van der Waals surface area contributed by atoms with E-state index in [1.165, 1.54) is 0 Å². The predicted molar refractivity (Wildman–Crippen MR) is 40.7 cm³/mol. The minimum absolute atomic E-state index is 0.376. The molecular weight excluding hydrogens is 193 g/mol. The third-order valence-corrected chi connectivity index (χ3v) is 1.05. The Labute approximate surface area is 73.8 Å². The summed E-state index contributed by atoms with van der Waals surface area (Å²) in [6, 6.07) is 0. The number of amides is 1. The standard InChI is InChI=1S/C5H7Cl2NO3/c1-2-8-5(10)11-4(9)3(6)7/h3H,2H2,1H3,(H,8,10). The molecule has 0 saturated carbocycles. The molecule has 11 heavy (non-hydrogen) atoms. The van der Waals surface area contributed by atoms with Gasteiger partial charge in [-0.15, -0.1) is 0 Å². The maximum Gasteiger partial charge on any atom is 0.414 e. The number of halogens is 2. The van der Waals surface area contributed by atoms with E-state index in [-0.39, 0.29) is 0 Å². The van der Waals surface area contributed by atoms with Crippen LogP contribution in [-0.2, 0) is 9.53 Å². The second-order valence-electron chi connectivity index (χ2n) is 1.54. The van der Waals surface area contributed by atoms with Gasteiger partial charge in [-0.2, -0.15) is 0 Å². The van der Waals surface area contributed by atoms with Gasteiger partial charge < -0.3 is 10.1 Å². The highest BCUT2D eigenvalue weighted by molar-refractivity contribution is 6.53. The van der Waals surface area contributed by atoms with Crippen molar-refractivity contribution in [2.75, 3.05) is 6.54 Å². The molecule has 0 heterocycles. The third kappa shape index (κ3) is 4.86. The van der Waals surface area contributed by atoms with Gasteiger partial charge in [0.1, 0.15) is 0 Å². The lowest BCUT2D eigenvalue weighted by atomic mass is 10.7. The van der Waals surface area contributed by atoms with Gasteiger partial charge in [0.2, 0.25) is 4.84 Å². The molecule has 1 N–H and O–H groups in total. The van der Waals surface area contributed by atoms with Crippen molar-refractivity contribution in [1.29, 1.82) is 0 Å². The number of hydrogen-bond acceptors (Lipinski definition) is 3. The van der Waals surface area contributed by atoms with E-state index in [2.05, 4.69) is 10.1 Å². The van der Waals surface area contributed by atoms with Crippen LogP contribution in [0, 0.1) is 0 Å². The molecular formula is C5H7Cl2NO3. The number of esters is 1. The van der Waals surface area contributed by atoms with Gasteiger partial charge in [0.15, 0.2) is 0 Å². The Morgan fingerprint density at radius 1 is 1.55 bits per heavy atom. The topological polar surface area (TPSA) is 55.4 Å². The Kier molecular flexibility index (Phi) is 4.98. The molecule has 0 atom stereocenters. The molecule has 1 amide bonds. The average molecular weight is 200 g/mol. The van der Waals surface area contributed by atoms with Gasteiger partial charge in [0.05, 0.1) is 0 Å². The molecule has 0 radical (unpaired) electrons. The van der Waals surface area contributed by atoms with Crippen LogP contribution < -0.4 is 5.32 Å². The Morgan fingerprint density at radius 2 is 2.09 bits per heavy atom. The van der Waals surface area contributed by atoms with Crippen molar-refractivity contribution in [2.45, 2.75) is 11.8 Å². The summed E-state index contributed by atoms with van der Waals surface area (Å²) in [6.07, 6.45) is -0.844. The fourth-order valence-electron chi connectivity index (χ4n) is 0.316. The lowest BCUT2D eigenvalue weighted by Crippen LogP contribution is -2.28. The fraction of sp³-hybridized carbons (Fsp3) is 0.600. The molecule has 0 aromatic heterocycles. The first-order chi connectivity index (χ1) is 5.07. The van der Waals surface area contributed by atoms with Crippen LogP contribution in [0.3, 0.4) is 0 Å².